The van der Waals surface area contributed by atoms with Crippen LogP contribution in [0, 0.1) is 21.4 Å². The van der Waals surface area contributed by atoms with E-state index in [4.69, 9.17) is 33.2 Å². The van der Waals surface area contributed by atoms with Gasteiger partial charge in [-0.3, -0.25) is 10.1 Å². The van der Waals surface area contributed by atoms with Gasteiger partial charge >= 0.3 is 5.69 Å². The summed E-state index contributed by atoms with van der Waals surface area (Å²) in [4.78, 5) is 10.5. The summed E-state index contributed by atoms with van der Waals surface area (Å²) in [6.45, 7) is 0. The van der Waals surface area contributed by atoms with Crippen molar-refractivity contribution in [1.29, 1.82) is 5.26 Å². The van der Waals surface area contributed by atoms with E-state index in [1.54, 1.807) is 12.1 Å². The lowest BCUT2D eigenvalue weighted by atomic mass is 10.2. The number of rotatable bonds is 4. The molecule has 0 saturated carbocycles. The molecule has 0 bridgehead atoms. The molecule has 0 fully saturated rings. The third-order valence-corrected chi connectivity index (χ3v) is 3.20. The van der Waals surface area contributed by atoms with Crippen molar-refractivity contribution >= 4 is 28.9 Å². The second kappa shape index (κ2) is 6.44. The summed E-state index contributed by atoms with van der Waals surface area (Å²) in [7, 11) is 0. The van der Waals surface area contributed by atoms with Crippen LogP contribution in [0.25, 0.3) is 0 Å². The second-order valence-corrected chi connectivity index (χ2v) is 4.74. The average molecular weight is 323 g/mol. The topological polar surface area (TPSA) is 76.2 Å². The second-order valence-electron chi connectivity index (χ2n) is 4.04. The van der Waals surface area contributed by atoms with Crippen molar-refractivity contribution in [2.75, 3.05) is 0 Å². The first-order chi connectivity index (χ1) is 10.0. The highest BCUT2D eigenvalue weighted by Gasteiger charge is 2.18. The normalized spacial score (nSPS) is 9.95. The van der Waals surface area contributed by atoms with E-state index in [9.17, 15) is 10.1 Å². The molecular formula is C14H8Cl2N2O3. The Labute approximate surface area is 130 Å². The minimum absolute atomic E-state index is 0.0210. The Balaban J connectivity index is 2.47. The lowest BCUT2D eigenvalue weighted by Crippen LogP contribution is -1.96. The van der Waals surface area contributed by atoms with Crippen molar-refractivity contribution in [1.82, 2.24) is 0 Å². The van der Waals surface area contributed by atoms with Crippen LogP contribution in [-0.4, -0.2) is 4.92 Å². The van der Waals surface area contributed by atoms with Crippen LogP contribution < -0.4 is 4.74 Å². The van der Waals surface area contributed by atoms with E-state index in [1.807, 2.05) is 6.07 Å². The van der Waals surface area contributed by atoms with Gasteiger partial charge < -0.3 is 4.74 Å². The fourth-order valence-corrected chi connectivity index (χ4v) is 2.05. The maximum absolute atomic E-state index is 11.1. The Morgan fingerprint density at radius 1 is 1.24 bits per heavy atom. The summed E-state index contributed by atoms with van der Waals surface area (Å²) in [5.74, 6) is 0.536. The molecule has 0 spiro atoms. The number of ether oxygens (including phenoxy) is 1. The number of halogens is 2. The lowest BCUT2D eigenvalue weighted by Gasteiger charge is -2.10. The first kappa shape index (κ1) is 15.1. The average Bonchev–Trinajstić information content (AvgIpc) is 2.47. The highest BCUT2D eigenvalue weighted by atomic mass is 35.5. The molecule has 0 aliphatic carbocycles. The molecular weight excluding hydrogens is 315 g/mol. The van der Waals surface area contributed by atoms with Gasteiger partial charge in [0.05, 0.1) is 22.4 Å². The van der Waals surface area contributed by atoms with E-state index in [-0.39, 0.29) is 22.9 Å². The molecule has 0 aliphatic heterocycles. The summed E-state index contributed by atoms with van der Waals surface area (Å²) in [5, 5.41) is 20.3. The number of nitro benzene ring substituents is 1. The van der Waals surface area contributed by atoms with Crippen LogP contribution in [0.1, 0.15) is 11.1 Å². The van der Waals surface area contributed by atoms with Crippen LogP contribution >= 0.6 is 23.2 Å². The predicted octanol–water partition coefficient (Wildman–Crippen LogP) is 4.65. The van der Waals surface area contributed by atoms with E-state index in [1.165, 1.54) is 18.2 Å². The minimum Gasteiger partial charge on any atom is -0.450 e. The van der Waals surface area contributed by atoms with Gasteiger partial charge in [0.2, 0.25) is 5.75 Å². The van der Waals surface area contributed by atoms with Crippen molar-refractivity contribution in [3.8, 4) is 17.6 Å². The van der Waals surface area contributed by atoms with E-state index in [0.717, 1.165) is 6.07 Å². The monoisotopic (exact) mass is 322 g/mol. The van der Waals surface area contributed by atoms with E-state index < -0.39 is 4.92 Å². The van der Waals surface area contributed by atoms with Crippen molar-refractivity contribution in [3.63, 3.8) is 0 Å². The van der Waals surface area contributed by atoms with Gasteiger partial charge in [0.15, 0.2) is 0 Å². The third kappa shape index (κ3) is 3.43. The zero-order valence-electron chi connectivity index (χ0n) is 10.5. The Morgan fingerprint density at radius 3 is 2.62 bits per heavy atom. The number of hydrogen-bond donors (Lipinski definition) is 0. The van der Waals surface area contributed by atoms with Gasteiger partial charge in [0.1, 0.15) is 5.75 Å². The third-order valence-electron chi connectivity index (χ3n) is 2.68. The fourth-order valence-electron chi connectivity index (χ4n) is 1.67. The van der Waals surface area contributed by atoms with Crippen LogP contribution in [0.5, 0.6) is 11.5 Å². The molecule has 0 radical (unpaired) electrons. The first-order valence-corrected chi connectivity index (χ1v) is 6.67. The van der Waals surface area contributed by atoms with Crippen molar-refractivity contribution in [3.05, 3.63) is 62.7 Å². The van der Waals surface area contributed by atoms with Gasteiger partial charge in [0, 0.05) is 16.7 Å². The molecule has 106 valence electrons. The summed E-state index contributed by atoms with van der Waals surface area (Å²) >= 11 is 11.7. The maximum Gasteiger partial charge on any atom is 0.312 e. The Kier molecular flexibility index (Phi) is 4.63. The first-order valence-electron chi connectivity index (χ1n) is 5.76. The van der Waals surface area contributed by atoms with Gasteiger partial charge in [-0.05, 0) is 24.3 Å². The van der Waals surface area contributed by atoms with Crippen molar-refractivity contribution in [2.24, 2.45) is 0 Å². The van der Waals surface area contributed by atoms with Crippen LogP contribution in [0.3, 0.4) is 0 Å². The smallest absolute Gasteiger partial charge is 0.312 e. The standard InChI is InChI=1S/C14H8Cl2N2O3/c15-7-10-2-3-11(16)6-14(10)21-13-4-1-9(8-17)5-12(13)18(19)20/h1-6H,7H2. The number of nitro groups is 1. The Bertz CT molecular complexity index is 741. The Morgan fingerprint density at radius 2 is 2.00 bits per heavy atom. The zero-order chi connectivity index (χ0) is 15.4. The quantitative estimate of drug-likeness (QED) is 0.466. The van der Waals surface area contributed by atoms with Crippen molar-refractivity contribution < 1.29 is 9.66 Å². The van der Waals surface area contributed by atoms with Crippen molar-refractivity contribution in [2.45, 2.75) is 5.88 Å². The molecule has 2 aromatic carbocycles. The molecule has 0 aromatic heterocycles. The molecule has 2 aromatic rings. The Hall–Kier alpha value is -2.29. The van der Waals surface area contributed by atoms with Gasteiger partial charge in [-0.2, -0.15) is 5.26 Å². The predicted molar refractivity (Wildman–Crippen MR) is 78.9 cm³/mol. The molecule has 0 N–H and O–H groups in total. The summed E-state index contributed by atoms with van der Waals surface area (Å²) in [6.07, 6.45) is 0. The van der Waals surface area contributed by atoms with E-state index >= 15 is 0 Å². The van der Waals surface area contributed by atoms with E-state index in [2.05, 4.69) is 0 Å². The summed E-state index contributed by atoms with van der Waals surface area (Å²) < 4.78 is 5.55. The van der Waals surface area contributed by atoms with Gasteiger partial charge in [-0.15, -0.1) is 11.6 Å². The zero-order valence-corrected chi connectivity index (χ0v) is 12.1. The van der Waals surface area contributed by atoms with Crippen LogP contribution in [0.2, 0.25) is 5.02 Å². The SMILES string of the molecule is N#Cc1ccc(Oc2cc(Cl)ccc2CCl)c([N+](=O)[O-])c1. The van der Waals surface area contributed by atoms with Gasteiger partial charge in [-0.25, -0.2) is 0 Å². The molecule has 7 heteroatoms. The largest absolute Gasteiger partial charge is 0.450 e. The molecule has 5 nitrogen and oxygen atoms in total. The number of hydrogen-bond acceptors (Lipinski definition) is 4. The molecule has 0 heterocycles. The molecule has 0 aliphatic rings. The number of nitrogens with zero attached hydrogens (tertiary/aromatic N) is 2. The highest BCUT2D eigenvalue weighted by molar-refractivity contribution is 6.30. The van der Waals surface area contributed by atoms with Crippen LogP contribution in [0.4, 0.5) is 5.69 Å². The van der Waals surface area contributed by atoms with Gasteiger partial charge in [-0.1, -0.05) is 17.7 Å². The molecule has 0 amide bonds. The number of benzene rings is 2. The highest BCUT2D eigenvalue weighted by Crippen LogP contribution is 2.35. The van der Waals surface area contributed by atoms with Crippen LogP contribution in [0.15, 0.2) is 36.4 Å². The van der Waals surface area contributed by atoms with Gasteiger partial charge in [0.25, 0.3) is 0 Å². The lowest BCUT2D eigenvalue weighted by molar-refractivity contribution is -0.385. The van der Waals surface area contributed by atoms with Crippen LogP contribution in [-0.2, 0) is 5.88 Å². The molecule has 21 heavy (non-hydrogen) atoms. The number of nitriles is 1. The minimum atomic E-state index is -0.610. The summed E-state index contributed by atoms with van der Waals surface area (Å²) in [5.41, 5.74) is 0.534. The fraction of sp³-hybridized carbons (Fsp3) is 0.0714. The summed E-state index contributed by atoms with van der Waals surface area (Å²) in [6, 6.07) is 10.7. The number of alkyl halides is 1. The molecule has 0 unspecified atom stereocenters. The molecule has 2 rings (SSSR count). The maximum atomic E-state index is 11.1. The van der Waals surface area contributed by atoms with E-state index in [0.29, 0.717) is 16.3 Å². The molecule has 0 atom stereocenters. The molecule has 0 saturated heterocycles.